The van der Waals surface area contributed by atoms with Crippen LogP contribution in [0.4, 0.5) is 0 Å². The maximum absolute atomic E-state index is 13.8. The zero-order valence-electron chi connectivity index (χ0n) is 31.9. The molecule has 5 atom stereocenters. The average molecular weight is 847 g/mol. The van der Waals surface area contributed by atoms with E-state index in [0.29, 0.717) is 0 Å². The van der Waals surface area contributed by atoms with Crippen molar-refractivity contribution in [1.82, 2.24) is 0 Å². The predicted molar refractivity (Wildman–Crippen MR) is 227 cm³/mol. The minimum absolute atomic E-state index is 0.00174. The van der Waals surface area contributed by atoms with Gasteiger partial charge in [-0.05, 0) is 38.7 Å². The van der Waals surface area contributed by atoms with E-state index < -0.39 is 54.7 Å². The van der Waals surface area contributed by atoms with E-state index in [2.05, 4.69) is 45.0 Å². The Kier molecular flexibility index (Phi) is 14.3. The molecule has 0 aliphatic carbocycles. The monoisotopic (exact) mass is 845 g/mol. The van der Waals surface area contributed by atoms with Crippen LogP contribution in [0.2, 0.25) is 5.04 Å². The van der Waals surface area contributed by atoms with Crippen LogP contribution < -0.4 is 10.4 Å². The average Bonchev–Trinajstić information content (AvgIpc) is 3.21. The molecular formula is C45H46Cl3NO7Si. The molecule has 1 saturated heterocycles. The number of carbonyl (C=O) groups is 1. The summed E-state index contributed by atoms with van der Waals surface area (Å²) in [5, 5.41) is 10.4. The Morgan fingerprint density at radius 3 is 1.53 bits per heavy atom. The molecule has 0 bridgehead atoms. The van der Waals surface area contributed by atoms with Gasteiger partial charge < -0.3 is 28.1 Å². The number of esters is 1. The van der Waals surface area contributed by atoms with Crippen LogP contribution in [0.1, 0.15) is 42.3 Å². The molecular weight excluding hydrogens is 801 g/mol. The SMILES string of the molecule is CC(C)(C)[Si](OC[C@H]1OC(OC(=N)C(Cl)(Cl)Cl)[C@H](OC(=O)c2ccccc2)[C@@H](OCc2ccccc2)[C@H]1OCc1ccccc1)(c1ccccc1)c1ccccc1. The smallest absolute Gasteiger partial charge is 0.338 e. The summed E-state index contributed by atoms with van der Waals surface area (Å²) < 4.78 is 37.6. The second-order valence-electron chi connectivity index (χ2n) is 14.7. The Morgan fingerprint density at radius 2 is 1.07 bits per heavy atom. The topological polar surface area (TPSA) is 96.3 Å². The van der Waals surface area contributed by atoms with Crippen molar-refractivity contribution >= 4 is 65.4 Å². The first kappa shape index (κ1) is 42.6. The van der Waals surface area contributed by atoms with Crippen LogP contribution in [0.25, 0.3) is 0 Å². The third-order valence-corrected chi connectivity index (χ3v) is 15.3. The molecule has 5 aromatic carbocycles. The quantitative estimate of drug-likeness (QED) is 0.0392. The van der Waals surface area contributed by atoms with Gasteiger partial charge in [-0.15, -0.1) is 0 Å². The molecule has 1 N–H and O–H groups in total. The van der Waals surface area contributed by atoms with E-state index in [1.54, 1.807) is 30.3 Å². The number of nitrogens with one attached hydrogen (secondary N) is 1. The van der Waals surface area contributed by atoms with Gasteiger partial charge in [0.1, 0.15) is 18.3 Å². The fourth-order valence-electron chi connectivity index (χ4n) is 7.07. The predicted octanol–water partition coefficient (Wildman–Crippen LogP) is 9.05. The highest BCUT2D eigenvalue weighted by molar-refractivity contribution is 6.99. The van der Waals surface area contributed by atoms with E-state index in [4.69, 9.17) is 68.3 Å². The molecule has 0 spiro atoms. The number of halogens is 3. The van der Waals surface area contributed by atoms with Gasteiger partial charge in [-0.1, -0.05) is 195 Å². The Balaban J connectivity index is 1.46. The number of ether oxygens (including phenoxy) is 5. The van der Waals surface area contributed by atoms with Crippen LogP contribution in [0.3, 0.4) is 0 Å². The van der Waals surface area contributed by atoms with E-state index in [9.17, 15) is 4.79 Å². The summed E-state index contributed by atoms with van der Waals surface area (Å²) in [7, 11) is -3.12. The van der Waals surface area contributed by atoms with Crippen LogP contribution in [0, 0.1) is 5.41 Å². The van der Waals surface area contributed by atoms with Crippen molar-refractivity contribution in [3.63, 3.8) is 0 Å². The Labute approximate surface area is 350 Å². The second-order valence-corrected chi connectivity index (χ2v) is 21.3. The Hall–Kier alpha value is -4.03. The molecule has 0 radical (unpaired) electrons. The fourth-order valence-corrected chi connectivity index (χ4v) is 11.8. The molecule has 1 aliphatic rings. The molecule has 0 aromatic heterocycles. The molecule has 57 heavy (non-hydrogen) atoms. The Morgan fingerprint density at radius 1 is 0.632 bits per heavy atom. The molecule has 5 aromatic rings. The van der Waals surface area contributed by atoms with Crippen molar-refractivity contribution in [1.29, 1.82) is 5.41 Å². The second kappa shape index (κ2) is 19.1. The van der Waals surface area contributed by atoms with Gasteiger partial charge in [0, 0.05) is 0 Å². The van der Waals surface area contributed by atoms with Crippen LogP contribution in [0.15, 0.2) is 152 Å². The number of rotatable bonds is 14. The summed E-state index contributed by atoms with van der Waals surface area (Å²) >= 11 is 18.5. The Bertz CT molecular complexity index is 1980. The molecule has 8 nitrogen and oxygen atoms in total. The van der Waals surface area contributed by atoms with Crippen LogP contribution in [0.5, 0.6) is 0 Å². The zero-order valence-corrected chi connectivity index (χ0v) is 35.2. The lowest BCUT2D eigenvalue weighted by Gasteiger charge is -2.48. The summed E-state index contributed by atoms with van der Waals surface area (Å²) in [6, 6.07) is 48.3. The van der Waals surface area contributed by atoms with Gasteiger partial charge in [-0.3, -0.25) is 5.41 Å². The van der Waals surface area contributed by atoms with E-state index in [1.165, 1.54) is 0 Å². The number of hydrogen-bond acceptors (Lipinski definition) is 8. The van der Waals surface area contributed by atoms with Gasteiger partial charge >= 0.3 is 5.97 Å². The van der Waals surface area contributed by atoms with Crippen molar-refractivity contribution in [2.24, 2.45) is 0 Å². The van der Waals surface area contributed by atoms with Crippen molar-refractivity contribution in [3.05, 3.63) is 168 Å². The minimum atomic E-state index is -3.12. The standard InChI is InChI=1S/C45H46Cl3NO7Si/c1-44(2,3)57(35-25-15-7-16-26-35,36-27-17-8-18-28-36)53-31-37-38(51-29-32-19-9-4-10-20-32)39(52-30-33-21-11-5-12-22-33)40(42(54-37)56-43(49)45(46,47)48)55-41(50)34-23-13-6-14-24-34/h4-28,37-40,42,49H,29-31H2,1-3H3/t37-,38+,39+,40-,42?/m1/s1. The lowest BCUT2D eigenvalue weighted by atomic mass is 9.97. The summed E-state index contributed by atoms with van der Waals surface area (Å²) in [6.45, 7) is 6.84. The zero-order chi connectivity index (χ0) is 40.5. The molecule has 12 heteroatoms. The maximum Gasteiger partial charge on any atom is 0.338 e. The molecule has 1 aliphatic heterocycles. The fraction of sp³-hybridized carbons (Fsp3) is 0.289. The first-order valence-corrected chi connectivity index (χ1v) is 21.7. The minimum Gasteiger partial charge on any atom is -0.449 e. The summed E-state index contributed by atoms with van der Waals surface area (Å²) in [6.07, 6.45) is -5.63. The van der Waals surface area contributed by atoms with Gasteiger partial charge in [0.05, 0.1) is 25.4 Å². The van der Waals surface area contributed by atoms with Crippen molar-refractivity contribution in [3.8, 4) is 0 Å². The van der Waals surface area contributed by atoms with Crippen LogP contribution in [-0.4, -0.2) is 61.3 Å². The molecule has 1 fully saturated rings. The van der Waals surface area contributed by atoms with E-state index in [1.807, 2.05) is 97.1 Å². The number of benzene rings is 5. The van der Waals surface area contributed by atoms with E-state index in [-0.39, 0.29) is 30.4 Å². The van der Waals surface area contributed by atoms with Gasteiger partial charge in [-0.25, -0.2) is 4.79 Å². The highest BCUT2D eigenvalue weighted by atomic mass is 35.6. The van der Waals surface area contributed by atoms with E-state index in [0.717, 1.165) is 21.5 Å². The molecule has 6 rings (SSSR count). The summed E-state index contributed by atoms with van der Waals surface area (Å²) in [5.41, 5.74) is 2.05. The summed E-state index contributed by atoms with van der Waals surface area (Å²) in [4.78, 5) is 13.8. The number of hydrogen-bond donors (Lipinski definition) is 1. The lowest BCUT2D eigenvalue weighted by Crippen LogP contribution is -2.68. The van der Waals surface area contributed by atoms with Gasteiger partial charge in [-0.2, -0.15) is 0 Å². The first-order valence-electron chi connectivity index (χ1n) is 18.7. The normalized spacial score (nSPS) is 20.1. The van der Waals surface area contributed by atoms with Crippen molar-refractivity contribution in [2.75, 3.05) is 6.61 Å². The molecule has 1 unspecified atom stereocenters. The number of alkyl halides is 3. The highest BCUT2D eigenvalue weighted by Crippen LogP contribution is 2.39. The van der Waals surface area contributed by atoms with E-state index >= 15 is 0 Å². The van der Waals surface area contributed by atoms with Gasteiger partial charge in [0.15, 0.2) is 6.10 Å². The van der Waals surface area contributed by atoms with Crippen LogP contribution in [-0.2, 0) is 41.3 Å². The molecule has 0 saturated carbocycles. The van der Waals surface area contributed by atoms with Crippen LogP contribution >= 0.6 is 34.8 Å². The summed E-state index contributed by atoms with van der Waals surface area (Å²) in [5.74, 6) is -1.40. The van der Waals surface area contributed by atoms with Crippen molar-refractivity contribution < 1.29 is 32.9 Å². The third-order valence-electron chi connectivity index (χ3n) is 9.79. The molecule has 298 valence electrons. The van der Waals surface area contributed by atoms with Crippen molar-refractivity contribution in [2.45, 2.75) is 73.5 Å². The third kappa shape index (κ3) is 10.5. The van der Waals surface area contributed by atoms with Gasteiger partial charge in [0.2, 0.25) is 12.2 Å². The first-order chi connectivity index (χ1) is 27.4. The highest BCUT2D eigenvalue weighted by Gasteiger charge is 2.55. The maximum atomic E-state index is 13.8. The largest absolute Gasteiger partial charge is 0.449 e. The molecule has 1 heterocycles. The number of carbonyl (C=O) groups excluding carboxylic acids is 1. The lowest BCUT2D eigenvalue weighted by molar-refractivity contribution is -0.299. The molecule has 0 amide bonds. The van der Waals surface area contributed by atoms with Gasteiger partial charge in [0.25, 0.3) is 12.1 Å².